The first-order chi connectivity index (χ1) is 6.13. The van der Waals surface area contributed by atoms with Gasteiger partial charge in [-0.1, -0.05) is 33.1 Å². The van der Waals surface area contributed by atoms with Gasteiger partial charge in [0.05, 0.1) is 5.41 Å². The van der Waals surface area contributed by atoms with E-state index in [9.17, 15) is 4.79 Å². The van der Waals surface area contributed by atoms with Crippen LogP contribution in [-0.2, 0) is 4.79 Å². The van der Waals surface area contributed by atoms with E-state index in [1.54, 1.807) is 0 Å². The Bertz CT molecular complexity index is 183. The molecule has 76 valence electrons. The Morgan fingerprint density at radius 3 is 2.23 bits per heavy atom. The number of nitrogens with one attached hydrogen (secondary N) is 1. The lowest BCUT2D eigenvalue weighted by Crippen LogP contribution is -2.48. The molecule has 3 N–H and O–H groups in total. The molecule has 1 rings (SSSR count). The minimum absolute atomic E-state index is 0.0298. The molecule has 0 heterocycles. The van der Waals surface area contributed by atoms with Crippen molar-refractivity contribution in [2.45, 2.75) is 46.0 Å². The van der Waals surface area contributed by atoms with Crippen LogP contribution in [0.2, 0.25) is 0 Å². The van der Waals surface area contributed by atoms with E-state index >= 15 is 0 Å². The molecule has 0 unspecified atom stereocenters. The highest BCUT2D eigenvalue weighted by atomic mass is 16.2. The van der Waals surface area contributed by atoms with Crippen molar-refractivity contribution in [3.63, 3.8) is 0 Å². The molecule has 0 aliphatic heterocycles. The molecular formula is C10H20N2O. The van der Waals surface area contributed by atoms with Crippen molar-refractivity contribution in [3.05, 3.63) is 0 Å². The third-order valence-corrected chi connectivity index (χ3v) is 3.43. The Labute approximate surface area is 80.0 Å². The van der Waals surface area contributed by atoms with Crippen LogP contribution < -0.4 is 11.3 Å². The summed E-state index contributed by atoms with van der Waals surface area (Å²) in [7, 11) is 0. The lowest BCUT2D eigenvalue weighted by Gasteiger charge is -2.38. The van der Waals surface area contributed by atoms with Gasteiger partial charge in [-0.05, 0) is 18.8 Å². The lowest BCUT2D eigenvalue weighted by atomic mass is 9.66. The number of rotatable bonds is 2. The zero-order valence-corrected chi connectivity index (χ0v) is 8.60. The Kier molecular flexibility index (Phi) is 3.31. The van der Waals surface area contributed by atoms with Gasteiger partial charge in [0.25, 0.3) is 0 Å². The fourth-order valence-electron chi connectivity index (χ4n) is 2.39. The van der Waals surface area contributed by atoms with Crippen LogP contribution in [0.1, 0.15) is 46.0 Å². The first-order valence-corrected chi connectivity index (χ1v) is 5.14. The molecule has 0 atom stereocenters. The molecule has 0 saturated heterocycles. The highest BCUT2D eigenvalue weighted by molar-refractivity contribution is 5.82. The van der Waals surface area contributed by atoms with E-state index in [0.717, 1.165) is 25.7 Å². The quantitative estimate of drug-likeness (QED) is 0.389. The summed E-state index contributed by atoms with van der Waals surface area (Å²) in [6.45, 7) is 4.22. The van der Waals surface area contributed by atoms with E-state index in [0.29, 0.717) is 5.92 Å². The second-order valence-corrected chi connectivity index (χ2v) is 4.34. The molecular weight excluding hydrogens is 164 g/mol. The first kappa shape index (κ1) is 10.5. The van der Waals surface area contributed by atoms with Crippen molar-refractivity contribution in [1.29, 1.82) is 0 Å². The SMILES string of the molecule is CC(C)C1(C(=O)NN)CCCCC1. The maximum atomic E-state index is 11.7. The zero-order valence-electron chi connectivity index (χ0n) is 8.60. The van der Waals surface area contributed by atoms with E-state index in [2.05, 4.69) is 19.3 Å². The third kappa shape index (κ3) is 1.85. The van der Waals surface area contributed by atoms with Gasteiger partial charge in [0, 0.05) is 0 Å². The first-order valence-electron chi connectivity index (χ1n) is 5.14. The van der Waals surface area contributed by atoms with Gasteiger partial charge in [-0.25, -0.2) is 5.84 Å². The molecule has 3 heteroatoms. The molecule has 13 heavy (non-hydrogen) atoms. The predicted octanol–water partition coefficient (Wildman–Crippen LogP) is 1.58. The van der Waals surface area contributed by atoms with Gasteiger partial charge in [-0.15, -0.1) is 0 Å². The Morgan fingerprint density at radius 2 is 1.85 bits per heavy atom. The second-order valence-electron chi connectivity index (χ2n) is 4.34. The normalized spacial score (nSPS) is 21.5. The molecule has 0 bridgehead atoms. The predicted molar refractivity (Wildman–Crippen MR) is 52.7 cm³/mol. The summed E-state index contributed by atoms with van der Waals surface area (Å²) >= 11 is 0. The van der Waals surface area contributed by atoms with E-state index in [-0.39, 0.29) is 11.3 Å². The van der Waals surface area contributed by atoms with Crippen molar-refractivity contribution in [2.24, 2.45) is 17.2 Å². The molecule has 0 aromatic rings. The van der Waals surface area contributed by atoms with Crippen molar-refractivity contribution in [1.82, 2.24) is 5.43 Å². The van der Waals surface area contributed by atoms with Gasteiger partial charge < -0.3 is 0 Å². The molecule has 0 aromatic heterocycles. The van der Waals surface area contributed by atoms with Crippen LogP contribution in [0.5, 0.6) is 0 Å². The average molecular weight is 184 g/mol. The van der Waals surface area contributed by atoms with Crippen LogP contribution in [0, 0.1) is 11.3 Å². The van der Waals surface area contributed by atoms with Crippen LogP contribution in [0.15, 0.2) is 0 Å². The molecule has 3 nitrogen and oxygen atoms in total. The number of amides is 1. The van der Waals surface area contributed by atoms with Gasteiger partial charge in [0.15, 0.2) is 0 Å². The third-order valence-electron chi connectivity index (χ3n) is 3.43. The number of hydrogen-bond acceptors (Lipinski definition) is 2. The fourth-order valence-corrected chi connectivity index (χ4v) is 2.39. The van der Waals surface area contributed by atoms with E-state index in [4.69, 9.17) is 5.84 Å². The van der Waals surface area contributed by atoms with Crippen molar-refractivity contribution < 1.29 is 4.79 Å². The number of hydrazine groups is 1. The Hall–Kier alpha value is -0.570. The number of hydrogen-bond donors (Lipinski definition) is 2. The average Bonchev–Trinajstić information content (AvgIpc) is 2.17. The number of nitrogens with two attached hydrogens (primary N) is 1. The molecule has 0 radical (unpaired) electrons. The maximum Gasteiger partial charge on any atom is 0.240 e. The summed E-state index contributed by atoms with van der Waals surface area (Å²) in [5.74, 6) is 5.64. The monoisotopic (exact) mass is 184 g/mol. The molecule has 0 aromatic carbocycles. The molecule has 1 fully saturated rings. The maximum absolute atomic E-state index is 11.7. The van der Waals surface area contributed by atoms with Crippen LogP contribution in [-0.4, -0.2) is 5.91 Å². The summed E-state index contributed by atoms with van der Waals surface area (Å²) in [5, 5.41) is 0. The Morgan fingerprint density at radius 1 is 1.31 bits per heavy atom. The summed E-state index contributed by atoms with van der Waals surface area (Å²) < 4.78 is 0. The van der Waals surface area contributed by atoms with Crippen LogP contribution in [0.4, 0.5) is 0 Å². The van der Waals surface area contributed by atoms with Crippen molar-refractivity contribution in [3.8, 4) is 0 Å². The molecule has 1 aliphatic rings. The lowest BCUT2D eigenvalue weighted by molar-refractivity contribution is -0.136. The van der Waals surface area contributed by atoms with Gasteiger partial charge in [-0.2, -0.15) is 0 Å². The standard InChI is InChI=1S/C10H20N2O/c1-8(2)10(9(13)12-11)6-4-3-5-7-10/h8H,3-7,11H2,1-2H3,(H,12,13). The number of carbonyl (C=O) groups excluding carboxylic acids is 1. The molecule has 1 amide bonds. The van der Waals surface area contributed by atoms with Gasteiger partial charge in [0.1, 0.15) is 0 Å². The summed E-state index contributed by atoms with van der Waals surface area (Å²) in [5.41, 5.74) is 2.13. The van der Waals surface area contributed by atoms with Crippen LogP contribution >= 0.6 is 0 Å². The van der Waals surface area contributed by atoms with E-state index in [1.165, 1.54) is 6.42 Å². The van der Waals surface area contributed by atoms with Crippen LogP contribution in [0.3, 0.4) is 0 Å². The minimum atomic E-state index is -0.187. The van der Waals surface area contributed by atoms with Gasteiger partial charge in [-0.3, -0.25) is 10.2 Å². The van der Waals surface area contributed by atoms with E-state index < -0.39 is 0 Å². The van der Waals surface area contributed by atoms with Crippen molar-refractivity contribution in [2.75, 3.05) is 0 Å². The smallest absolute Gasteiger partial charge is 0.240 e. The van der Waals surface area contributed by atoms with Crippen LogP contribution in [0.25, 0.3) is 0 Å². The summed E-state index contributed by atoms with van der Waals surface area (Å²) in [6.07, 6.45) is 5.56. The topological polar surface area (TPSA) is 55.1 Å². The fraction of sp³-hybridized carbons (Fsp3) is 0.900. The van der Waals surface area contributed by atoms with Gasteiger partial charge in [0.2, 0.25) is 5.91 Å². The highest BCUT2D eigenvalue weighted by Crippen LogP contribution is 2.42. The Balaban J connectivity index is 2.79. The van der Waals surface area contributed by atoms with E-state index in [1.807, 2.05) is 0 Å². The summed E-state index contributed by atoms with van der Waals surface area (Å²) in [4.78, 5) is 11.7. The highest BCUT2D eigenvalue weighted by Gasteiger charge is 2.41. The molecule has 1 saturated carbocycles. The minimum Gasteiger partial charge on any atom is -0.294 e. The second kappa shape index (κ2) is 4.09. The zero-order chi connectivity index (χ0) is 9.90. The largest absolute Gasteiger partial charge is 0.294 e. The van der Waals surface area contributed by atoms with Crippen molar-refractivity contribution >= 4 is 5.91 Å². The molecule has 0 spiro atoms. The number of carbonyl (C=O) groups is 1. The summed E-state index contributed by atoms with van der Waals surface area (Å²) in [6, 6.07) is 0. The van der Waals surface area contributed by atoms with Gasteiger partial charge >= 0.3 is 0 Å². The molecule has 1 aliphatic carbocycles.